The number of amides is 1. The molecule has 2 aromatic carbocycles. The minimum atomic E-state index is -0.886. The Balaban J connectivity index is 1.60. The van der Waals surface area contributed by atoms with Crippen molar-refractivity contribution in [3.8, 4) is 22.9 Å². The highest BCUT2D eigenvalue weighted by molar-refractivity contribution is 6.36. The van der Waals surface area contributed by atoms with Gasteiger partial charge in [-0.3, -0.25) is 9.59 Å². The van der Waals surface area contributed by atoms with Gasteiger partial charge in [-0.05, 0) is 49.7 Å². The number of aryl methyl sites for hydroxylation is 1. The maximum atomic E-state index is 12.4. The SMILES string of the molecule is CCn1cc(-c2ccc(Cl)cc2Cl)nc1-c1nc2ccc(C(=O)NCCCC(=O)O)cc2[nH]1. The molecule has 3 N–H and O–H groups in total. The predicted molar refractivity (Wildman–Crippen MR) is 128 cm³/mol. The highest BCUT2D eigenvalue weighted by Gasteiger charge is 2.17. The first-order valence-electron chi connectivity index (χ1n) is 10.4. The van der Waals surface area contributed by atoms with Gasteiger partial charge >= 0.3 is 5.97 Å². The van der Waals surface area contributed by atoms with Gasteiger partial charge in [0, 0.05) is 41.9 Å². The molecule has 2 aromatic heterocycles. The fraction of sp³-hybridized carbons (Fsp3) is 0.217. The van der Waals surface area contributed by atoms with Gasteiger partial charge in [-0.1, -0.05) is 23.2 Å². The number of H-pyrrole nitrogens is 1. The number of carbonyl (C=O) groups is 2. The van der Waals surface area contributed by atoms with E-state index in [9.17, 15) is 9.59 Å². The van der Waals surface area contributed by atoms with Gasteiger partial charge in [0.2, 0.25) is 0 Å². The fourth-order valence-electron chi connectivity index (χ4n) is 3.47. The smallest absolute Gasteiger partial charge is 0.303 e. The minimum Gasteiger partial charge on any atom is -0.481 e. The number of rotatable bonds is 8. The van der Waals surface area contributed by atoms with E-state index in [2.05, 4.69) is 15.3 Å². The van der Waals surface area contributed by atoms with Gasteiger partial charge in [0.15, 0.2) is 11.6 Å². The number of benzene rings is 2. The quantitative estimate of drug-likeness (QED) is 0.303. The molecule has 4 rings (SSSR count). The van der Waals surface area contributed by atoms with Crippen LogP contribution in [0.15, 0.2) is 42.6 Å². The standard InChI is InChI=1S/C23H21Cl2N5O3/c1-2-30-12-19(15-7-6-14(24)11-16(15)25)29-22(30)21-27-17-8-5-13(10-18(17)28-21)23(33)26-9-3-4-20(31)32/h5-8,10-12H,2-4,9H2,1H3,(H,26,33)(H,27,28)(H,31,32). The lowest BCUT2D eigenvalue weighted by Gasteiger charge is -2.04. The normalized spacial score (nSPS) is 11.1. The van der Waals surface area contributed by atoms with E-state index in [1.807, 2.05) is 23.8 Å². The summed E-state index contributed by atoms with van der Waals surface area (Å²) in [5.41, 5.74) is 3.33. The second-order valence-electron chi connectivity index (χ2n) is 7.43. The monoisotopic (exact) mass is 485 g/mol. The van der Waals surface area contributed by atoms with Crippen molar-refractivity contribution in [2.75, 3.05) is 6.54 Å². The molecule has 0 unspecified atom stereocenters. The Morgan fingerprint density at radius 2 is 1.97 bits per heavy atom. The molecule has 0 saturated heterocycles. The third-order valence-electron chi connectivity index (χ3n) is 5.13. The zero-order chi connectivity index (χ0) is 23.5. The van der Waals surface area contributed by atoms with Crippen molar-refractivity contribution in [3.63, 3.8) is 0 Å². The molecular weight excluding hydrogens is 465 g/mol. The van der Waals surface area contributed by atoms with Crippen LogP contribution in [-0.2, 0) is 11.3 Å². The molecule has 33 heavy (non-hydrogen) atoms. The second-order valence-corrected chi connectivity index (χ2v) is 8.27. The van der Waals surface area contributed by atoms with E-state index < -0.39 is 5.97 Å². The van der Waals surface area contributed by atoms with E-state index in [-0.39, 0.29) is 12.3 Å². The second kappa shape index (κ2) is 9.64. The number of carboxylic acids is 1. The van der Waals surface area contributed by atoms with Crippen LogP contribution >= 0.6 is 23.2 Å². The highest BCUT2D eigenvalue weighted by atomic mass is 35.5. The molecule has 0 bridgehead atoms. The van der Waals surface area contributed by atoms with E-state index >= 15 is 0 Å². The van der Waals surface area contributed by atoms with Gasteiger partial charge in [0.25, 0.3) is 5.91 Å². The zero-order valence-corrected chi connectivity index (χ0v) is 19.2. The Labute approximate surface area is 199 Å². The summed E-state index contributed by atoms with van der Waals surface area (Å²) in [4.78, 5) is 35.6. The first-order valence-corrected chi connectivity index (χ1v) is 11.1. The lowest BCUT2D eigenvalue weighted by molar-refractivity contribution is -0.137. The van der Waals surface area contributed by atoms with Gasteiger partial charge in [-0.25, -0.2) is 9.97 Å². The molecule has 0 aliphatic heterocycles. The molecule has 0 aliphatic rings. The van der Waals surface area contributed by atoms with Crippen LogP contribution in [0.25, 0.3) is 33.9 Å². The predicted octanol–water partition coefficient (Wildman–Crippen LogP) is 5.01. The Hall–Kier alpha value is -3.36. The maximum absolute atomic E-state index is 12.4. The van der Waals surface area contributed by atoms with Crippen molar-refractivity contribution in [3.05, 3.63) is 58.2 Å². The third-order valence-corrected chi connectivity index (χ3v) is 5.68. The number of nitrogens with one attached hydrogen (secondary N) is 2. The van der Waals surface area contributed by atoms with Crippen LogP contribution in [0, 0.1) is 0 Å². The number of halogens is 2. The summed E-state index contributed by atoms with van der Waals surface area (Å²) in [6.45, 7) is 2.98. The molecule has 10 heteroatoms. The molecule has 2 heterocycles. The first-order chi connectivity index (χ1) is 15.9. The lowest BCUT2D eigenvalue weighted by atomic mass is 10.2. The summed E-state index contributed by atoms with van der Waals surface area (Å²) in [6.07, 6.45) is 2.29. The number of hydrogen-bond acceptors (Lipinski definition) is 4. The van der Waals surface area contributed by atoms with E-state index in [1.165, 1.54) is 0 Å². The largest absolute Gasteiger partial charge is 0.481 e. The lowest BCUT2D eigenvalue weighted by Crippen LogP contribution is -2.24. The van der Waals surface area contributed by atoms with Crippen LogP contribution in [0.5, 0.6) is 0 Å². The molecule has 4 aromatic rings. The molecular formula is C23H21Cl2N5O3. The Kier molecular flexibility index (Phi) is 6.67. The molecule has 0 spiro atoms. The van der Waals surface area contributed by atoms with Gasteiger partial charge in [-0.2, -0.15) is 0 Å². The van der Waals surface area contributed by atoms with Crippen molar-refractivity contribution in [2.24, 2.45) is 0 Å². The summed E-state index contributed by atoms with van der Waals surface area (Å²) < 4.78 is 1.97. The van der Waals surface area contributed by atoms with Crippen molar-refractivity contribution in [1.82, 2.24) is 24.8 Å². The van der Waals surface area contributed by atoms with E-state index in [0.29, 0.717) is 63.5 Å². The topological polar surface area (TPSA) is 113 Å². The maximum Gasteiger partial charge on any atom is 0.303 e. The number of carboxylic acid groups (broad SMARTS) is 1. The van der Waals surface area contributed by atoms with Gasteiger partial charge in [0.05, 0.1) is 21.7 Å². The number of aromatic nitrogens is 4. The number of aromatic amines is 1. The van der Waals surface area contributed by atoms with Crippen LogP contribution in [0.2, 0.25) is 10.0 Å². The van der Waals surface area contributed by atoms with Crippen LogP contribution in [0.3, 0.4) is 0 Å². The van der Waals surface area contributed by atoms with Crippen LogP contribution < -0.4 is 5.32 Å². The molecule has 0 aliphatic carbocycles. The van der Waals surface area contributed by atoms with E-state index in [1.54, 1.807) is 30.3 Å². The van der Waals surface area contributed by atoms with Gasteiger partial charge in [-0.15, -0.1) is 0 Å². The summed E-state index contributed by atoms with van der Waals surface area (Å²) in [6, 6.07) is 10.4. The molecule has 170 valence electrons. The first kappa shape index (κ1) is 22.8. The summed E-state index contributed by atoms with van der Waals surface area (Å²) >= 11 is 12.4. The summed E-state index contributed by atoms with van der Waals surface area (Å²) in [5, 5.41) is 12.5. The summed E-state index contributed by atoms with van der Waals surface area (Å²) in [5.74, 6) is 0.0624. The molecule has 0 radical (unpaired) electrons. The van der Waals surface area contributed by atoms with Gasteiger partial charge in [0.1, 0.15) is 0 Å². The number of hydrogen-bond donors (Lipinski definition) is 3. The van der Waals surface area contributed by atoms with E-state index in [4.69, 9.17) is 33.3 Å². The summed E-state index contributed by atoms with van der Waals surface area (Å²) in [7, 11) is 0. The fourth-order valence-corrected chi connectivity index (χ4v) is 3.98. The number of aliphatic carboxylic acids is 1. The van der Waals surface area contributed by atoms with Crippen LogP contribution in [0.4, 0.5) is 0 Å². The van der Waals surface area contributed by atoms with Crippen LogP contribution in [-0.4, -0.2) is 43.0 Å². The Bertz CT molecular complexity index is 1350. The van der Waals surface area contributed by atoms with Crippen molar-refractivity contribution in [1.29, 1.82) is 0 Å². The number of imidazole rings is 2. The number of nitrogens with zero attached hydrogens (tertiary/aromatic N) is 3. The van der Waals surface area contributed by atoms with Gasteiger partial charge < -0.3 is 20.0 Å². The third kappa shape index (κ3) is 5.02. The van der Waals surface area contributed by atoms with Crippen molar-refractivity contribution in [2.45, 2.75) is 26.3 Å². The minimum absolute atomic E-state index is 0.0104. The highest BCUT2D eigenvalue weighted by Crippen LogP contribution is 2.31. The Morgan fingerprint density at radius 3 is 2.70 bits per heavy atom. The molecule has 0 fully saturated rings. The molecule has 0 saturated carbocycles. The van der Waals surface area contributed by atoms with Crippen molar-refractivity contribution >= 4 is 46.1 Å². The molecule has 8 nitrogen and oxygen atoms in total. The zero-order valence-electron chi connectivity index (χ0n) is 17.7. The van der Waals surface area contributed by atoms with Crippen molar-refractivity contribution < 1.29 is 14.7 Å². The number of carbonyl (C=O) groups excluding carboxylic acids is 1. The average Bonchev–Trinajstić information content (AvgIpc) is 3.39. The number of fused-ring (bicyclic) bond motifs is 1. The molecule has 1 amide bonds. The molecule has 0 atom stereocenters. The van der Waals surface area contributed by atoms with E-state index in [0.717, 1.165) is 5.56 Å². The van der Waals surface area contributed by atoms with Crippen LogP contribution in [0.1, 0.15) is 30.1 Å². The average molecular weight is 486 g/mol. The Morgan fingerprint density at radius 1 is 1.15 bits per heavy atom.